The van der Waals surface area contributed by atoms with E-state index < -0.39 is 0 Å². The van der Waals surface area contributed by atoms with E-state index in [2.05, 4.69) is 12.2 Å². The molecule has 0 aliphatic rings. The van der Waals surface area contributed by atoms with Gasteiger partial charge in [-0.15, -0.1) is 12.4 Å². The lowest BCUT2D eigenvalue weighted by atomic mass is 10.1. The number of benzene rings is 2. The van der Waals surface area contributed by atoms with Gasteiger partial charge in [0.25, 0.3) is 5.91 Å². The topological polar surface area (TPSA) is 64.3 Å². The fraction of sp³-hybridized carbons (Fsp3) is 0.278. The highest BCUT2D eigenvalue weighted by Gasteiger charge is 2.12. The summed E-state index contributed by atoms with van der Waals surface area (Å²) in [5, 5.41) is 2.90. The number of nitrogen functional groups attached to an aromatic ring is 1. The number of halogens is 1. The maximum absolute atomic E-state index is 12.4. The summed E-state index contributed by atoms with van der Waals surface area (Å²) in [4.78, 5) is 12.4. The molecule has 0 aliphatic carbocycles. The van der Waals surface area contributed by atoms with Gasteiger partial charge in [0.05, 0.1) is 12.3 Å². The van der Waals surface area contributed by atoms with Crippen LogP contribution in [0.4, 0.5) is 11.4 Å². The van der Waals surface area contributed by atoms with E-state index in [1.54, 1.807) is 12.1 Å². The van der Waals surface area contributed by atoms with E-state index in [4.69, 9.17) is 10.5 Å². The molecule has 5 heteroatoms. The molecule has 0 radical (unpaired) electrons. The van der Waals surface area contributed by atoms with Crippen molar-refractivity contribution >= 4 is 29.7 Å². The number of para-hydroxylation sites is 2. The number of aryl methyl sites for hydroxylation is 1. The summed E-state index contributed by atoms with van der Waals surface area (Å²) in [6, 6.07) is 12.8. The first-order valence-electron chi connectivity index (χ1n) is 7.51. The summed E-state index contributed by atoms with van der Waals surface area (Å²) in [7, 11) is 0. The van der Waals surface area contributed by atoms with E-state index in [1.165, 1.54) is 0 Å². The number of hydrogen-bond acceptors (Lipinski definition) is 3. The van der Waals surface area contributed by atoms with E-state index in [1.807, 2.05) is 37.3 Å². The van der Waals surface area contributed by atoms with Crippen LogP contribution in [0, 0.1) is 6.92 Å². The highest BCUT2D eigenvalue weighted by molar-refractivity contribution is 6.06. The van der Waals surface area contributed by atoms with E-state index >= 15 is 0 Å². The lowest BCUT2D eigenvalue weighted by molar-refractivity contribution is 0.102. The van der Waals surface area contributed by atoms with Crippen LogP contribution in [0.3, 0.4) is 0 Å². The molecule has 3 N–H and O–H groups in total. The van der Waals surface area contributed by atoms with Crippen molar-refractivity contribution in [2.75, 3.05) is 17.7 Å². The fourth-order valence-corrected chi connectivity index (χ4v) is 2.10. The van der Waals surface area contributed by atoms with Crippen LogP contribution in [0.1, 0.15) is 35.7 Å². The molecule has 0 saturated carbocycles. The van der Waals surface area contributed by atoms with Crippen molar-refractivity contribution in [1.82, 2.24) is 0 Å². The number of carbonyl (C=O) groups is 1. The van der Waals surface area contributed by atoms with Crippen molar-refractivity contribution in [2.45, 2.75) is 26.7 Å². The second kappa shape index (κ2) is 9.06. The maximum Gasteiger partial charge on any atom is 0.256 e. The van der Waals surface area contributed by atoms with Crippen LogP contribution in [-0.2, 0) is 0 Å². The van der Waals surface area contributed by atoms with Gasteiger partial charge in [0.15, 0.2) is 0 Å². The van der Waals surface area contributed by atoms with Crippen LogP contribution < -0.4 is 15.8 Å². The number of rotatable bonds is 6. The van der Waals surface area contributed by atoms with Gasteiger partial charge in [-0.25, -0.2) is 0 Å². The van der Waals surface area contributed by atoms with Crippen LogP contribution in [0.15, 0.2) is 42.5 Å². The summed E-state index contributed by atoms with van der Waals surface area (Å²) >= 11 is 0. The van der Waals surface area contributed by atoms with Crippen LogP contribution in [0.5, 0.6) is 5.75 Å². The highest BCUT2D eigenvalue weighted by Crippen LogP contribution is 2.25. The predicted molar refractivity (Wildman–Crippen MR) is 97.6 cm³/mol. The summed E-state index contributed by atoms with van der Waals surface area (Å²) in [6.07, 6.45) is 2.05. The average Bonchev–Trinajstić information content (AvgIpc) is 2.51. The Morgan fingerprint density at radius 1 is 1.22 bits per heavy atom. The summed E-state index contributed by atoms with van der Waals surface area (Å²) in [6.45, 7) is 4.64. The molecule has 0 aromatic heterocycles. The largest absolute Gasteiger partial charge is 0.491 e. The molecule has 1 amide bonds. The van der Waals surface area contributed by atoms with Crippen molar-refractivity contribution < 1.29 is 9.53 Å². The first kappa shape index (κ1) is 18.8. The molecule has 0 bridgehead atoms. The standard InChI is InChI=1S/C18H22N2O2.ClH/c1-3-4-11-22-17-8-6-5-7-16(17)20-18(21)15-12-14(19)10-9-13(15)2;/h5-10,12H,3-4,11,19H2,1-2H3,(H,20,21);1H. The van der Waals surface area contributed by atoms with E-state index in [0.717, 1.165) is 18.4 Å². The minimum atomic E-state index is -0.184. The molecule has 23 heavy (non-hydrogen) atoms. The molecule has 0 heterocycles. The zero-order chi connectivity index (χ0) is 15.9. The number of hydrogen-bond donors (Lipinski definition) is 2. The molecular formula is C18H23ClN2O2. The monoisotopic (exact) mass is 334 g/mol. The van der Waals surface area contributed by atoms with Gasteiger partial charge >= 0.3 is 0 Å². The van der Waals surface area contributed by atoms with Crippen molar-refractivity contribution in [2.24, 2.45) is 0 Å². The van der Waals surface area contributed by atoms with Crippen molar-refractivity contribution in [3.8, 4) is 5.75 Å². The van der Waals surface area contributed by atoms with Crippen LogP contribution in [-0.4, -0.2) is 12.5 Å². The molecule has 0 fully saturated rings. The third-order valence-electron chi connectivity index (χ3n) is 3.40. The Bertz CT molecular complexity index is 659. The number of unbranched alkanes of at least 4 members (excludes halogenated alkanes) is 1. The summed E-state index contributed by atoms with van der Waals surface area (Å²) in [5.74, 6) is 0.502. The lowest BCUT2D eigenvalue weighted by Gasteiger charge is -2.13. The zero-order valence-corrected chi connectivity index (χ0v) is 14.3. The molecule has 0 atom stereocenters. The van der Waals surface area contributed by atoms with Gasteiger partial charge < -0.3 is 15.8 Å². The van der Waals surface area contributed by atoms with E-state index in [9.17, 15) is 4.79 Å². The van der Waals surface area contributed by atoms with Crippen LogP contribution in [0.2, 0.25) is 0 Å². The molecule has 4 nitrogen and oxygen atoms in total. The summed E-state index contributed by atoms with van der Waals surface area (Å²) < 4.78 is 5.73. The second-order valence-corrected chi connectivity index (χ2v) is 5.23. The molecule has 2 aromatic carbocycles. The number of amides is 1. The van der Waals surface area contributed by atoms with E-state index in [-0.39, 0.29) is 18.3 Å². The Morgan fingerprint density at radius 3 is 2.70 bits per heavy atom. The van der Waals surface area contributed by atoms with Gasteiger partial charge in [0, 0.05) is 11.3 Å². The number of carbonyl (C=O) groups excluding carboxylic acids is 1. The molecule has 124 valence electrons. The molecular weight excluding hydrogens is 312 g/mol. The normalized spacial score (nSPS) is 9.83. The summed E-state index contributed by atoms with van der Waals surface area (Å²) in [5.41, 5.74) is 8.47. The third kappa shape index (κ3) is 5.18. The first-order valence-corrected chi connectivity index (χ1v) is 7.51. The lowest BCUT2D eigenvalue weighted by Crippen LogP contribution is -2.14. The Morgan fingerprint density at radius 2 is 1.96 bits per heavy atom. The van der Waals surface area contributed by atoms with Gasteiger partial charge in [-0.1, -0.05) is 31.5 Å². The maximum atomic E-state index is 12.4. The van der Waals surface area contributed by atoms with Gasteiger partial charge in [0.1, 0.15) is 5.75 Å². The molecule has 0 unspecified atom stereocenters. The van der Waals surface area contributed by atoms with Crippen LogP contribution >= 0.6 is 12.4 Å². The minimum absolute atomic E-state index is 0. The van der Waals surface area contributed by atoms with Gasteiger partial charge in [-0.05, 0) is 43.2 Å². The number of nitrogens with two attached hydrogens (primary N) is 1. The number of ether oxygens (including phenoxy) is 1. The second-order valence-electron chi connectivity index (χ2n) is 5.23. The quantitative estimate of drug-likeness (QED) is 0.606. The molecule has 0 spiro atoms. The van der Waals surface area contributed by atoms with Gasteiger partial charge in [-0.2, -0.15) is 0 Å². The Hall–Kier alpha value is -2.20. The van der Waals surface area contributed by atoms with Crippen molar-refractivity contribution in [1.29, 1.82) is 0 Å². The van der Waals surface area contributed by atoms with Crippen LogP contribution in [0.25, 0.3) is 0 Å². The Labute approximate surface area is 143 Å². The highest BCUT2D eigenvalue weighted by atomic mass is 35.5. The number of nitrogens with one attached hydrogen (secondary N) is 1. The first-order chi connectivity index (χ1) is 10.6. The molecule has 0 aliphatic heterocycles. The minimum Gasteiger partial charge on any atom is -0.491 e. The van der Waals surface area contributed by atoms with Gasteiger partial charge in [-0.3, -0.25) is 4.79 Å². The van der Waals surface area contributed by atoms with Crippen molar-refractivity contribution in [3.05, 3.63) is 53.6 Å². The Balaban J connectivity index is 0.00000264. The zero-order valence-electron chi connectivity index (χ0n) is 13.5. The Kier molecular flexibility index (Phi) is 7.42. The molecule has 2 rings (SSSR count). The van der Waals surface area contributed by atoms with Crippen molar-refractivity contribution in [3.63, 3.8) is 0 Å². The number of anilines is 2. The molecule has 2 aromatic rings. The predicted octanol–water partition coefficient (Wildman–Crippen LogP) is 4.43. The fourth-order valence-electron chi connectivity index (χ4n) is 2.10. The smallest absolute Gasteiger partial charge is 0.256 e. The average molecular weight is 335 g/mol. The molecule has 0 saturated heterocycles. The van der Waals surface area contributed by atoms with Gasteiger partial charge in [0.2, 0.25) is 0 Å². The third-order valence-corrected chi connectivity index (χ3v) is 3.40. The SMILES string of the molecule is CCCCOc1ccccc1NC(=O)c1cc(N)ccc1C.Cl. The van der Waals surface area contributed by atoms with E-state index in [0.29, 0.717) is 29.3 Å².